The lowest BCUT2D eigenvalue weighted by Crippen LogP contribution is -2.45. The summed E-state index contributed by atoms with van der Waals surface area (Å²) < 4.78 is 61.7. The van der Waals surface area contributed by atoms with E-state index in [0.717, 1.165) is 30.4 Å². The van der Waals surface area contributed by atoms with Crippen molar-refractivity contribution in [1.29, 1.82) is 0 Å². The van der Waals surface area contributed by atoms with Crippen LogP contribution in [0.2, 0.25) is 0 Å². The fraction of sp³-hybridized carbons (Fsp3) is 0.478. The maximum Gasteiger partial charge on any atom is 0.297 e. The molecule has 2 aromatic rings. The van der Waals surface area contributed by atoms with Crippen LogP contribution in [-0.4, -0.2) is 29.5 Å². The van der Waals surface area contributed by atoms with Gasteiger partial charge in [-0.15, -0.1) is 0 Å². The first-order chi connectivity index (χ1) is 14.6. The topological polar surface area (TPSA) is 86.7 Å². The predicted molar refractivity (Wildman–Crippen MR) is 116 cm³/mol. The zero-order valence-corrected chi connectivity index (χ0v) is 19.4. The Kier molecular flexibility index (Phi) is 6.27. The molecule has 8 heteroatoms. The van der Waals surface area contributed by atoms with Crippen molar-refractivity contribution < 1.29 is 25.2 Å². The second-order valence-corrected chi connectivity index (χ2v) is 12.0. The van der Waals surface area contributed by atoms with Crippen molar-refractivity contribution in [3.05, 3.63) is 59.7 Å². The van der Waals surface area contributed by atoms with E-state index in [1.165, 1.54) is 12.1 Å². The number of benzene rings is 2. The molecule has 0 heterocycles. The van der Waals surface area contributed by atoms with Gasteiger partial charge in [0.1, 0.15) is 0 Å². The van der Waals surface area contributed by atoms with Crippen molar-refractivity contribution in [2.45, 2.75) is 55.4 Å². The Morgan fingerprint density at radius 1 is 0.774 bits per heavy atom. The molecular weight excluding hydrogens is 436 g/mol. The second-order valence-electron chi connectivity index (χ2n) is 8.79. The smallest absolute Gasteiger partial charge is 0.266 e. The van der Waals surface area contributed by atoms with Gasteiger partial charge in [-0.3, -0.25) is 8.37 Å². The fourth-order valence-electron chi connectivity index (χ4n) is 4.77. The van der Waals surface area contributed by atoms with Crippen LogP contribution in [0.4, 0.5) is 0 Å². The molecule has 6 nitrogen and oxygen atoms in total. The summed E-state index contributed by atoms with van der Waals surface area (Å²) in [6.07, 6.45) is 2.89. The highest BCUT2D eigenvalue weighted by Crippen LogP contribution is 2.47. The molecule has 0 N–H and O–H groups in total. The number of hydrogen-bond acceptors (Lipinski definition) is 6. The molecule has 168 valence electrons. The van der Waals surface area contributed by atoms with Crippen LogP contribution >= 0.6 is 0 Å². The molecule has 3 fully saturated rings. The normalized spacial score (nSPS) is 26.1. The molecule has 0 aliphatic heterocycles. The average Bonchev–Trinajstić information content (AvgIpc) is 2.73. The third-order valence-electron chi connectivity index (χ3n) is 6.50. The molecular formula is C23H28O6S2. The van der Waals surface area contributed by atoms with E-state index < -0.39 is 26.3 Å². The van der Waals surface area contributed by atoms with E-state index in [9.17, 15) is 16.8 Å². The van der Waals surface area contributed by atoms with Crippen LogP contribution in [0, 0.1) is 31.6 Å². The molecule has 0 unspecified atom stereocenters. The first kappa shape index (κ1) is 22.5. The quantitative estimate of drug-likeness (QED) is 0.570. The lowest BCUT2D eigenvalue weighted by molar-refractivity contribution is -0.0321. The SMILES string of the molecule is Cc1ccc(S(=O)(=O)OC[C@@H]2C[C@@H]3CC[C@@H]2[C@H](OS(=O)(=O)c2ccc(C)cc2)C3)cc1. The summed E-state index contributed by atoms with van der Waals surface area (Å²) in [7, 11) is -7.72. The monoisotopic (exact) mass is 464 g/mol. The highest BCUT2D eigenvalue weighted by Gasteiger charge is 2.45. The molecule has 3 aliphatic rings. The Labute approximate surface area is 184 Å². The predicted octanol–water partition coefficient (Wildman–Crippen LogP) is 4.22. The van der Waals surface area contributed by atoms with Gasteiger partial charge in [-0.1, -0.05) is 35.4 Å². The zero-order valence-electron chi connectivity index (χ0n) is 17.7. The van der Waals surface area contributed by atoms with Crippen LogP contribution in [0.25, 0.3) is 0 Å². The van der Waals surface area contributed by atoms with Crippen LogP contribution in [-0.2, 0) is 28.6 Å². The third kappa shape index (κ3) is 5.03. The van der Waals surface area contributed by atoms with Gasteiger partial charge in [0.25, 0.3) is 20.2 Å². The van der Waals surface area contributed by atoms with Gasteiger partial charge < -0.3 is 0 Å². The zero-order chi connectivity index (χ0) is 22.2. The Morgan fingerprint density at radius 2 is 1.32 bits per heavy atom. The van der Waals surface area contributed by atoms with Crippen LogP contribution in [0.3, 0.4) is 0 Å². The Morgan fingerprint density at radius 3 is 1.87 bits per heavy atom. The molecule has 2 aromatic carbocycles. The van der Waals surface area contributed by atoms with Gasteiger partial charge >= 0.3 is 0 Å². The molecule has 5 rings (SSSR count). The molecule has 3 saturated carbocycles. The maximum atomic E-state index is 12.8. The van der Waals surface area contributed by atoms with E-state index in [1.807, 2.05) is 13.8 Å². The van der Waals surface area contributed by atoms with E-state index in [1.54, 1.807) is 36.4 Å². The summed E-state index contributed by atoms with van der Waals surface area (Å²) in [5.74, 6) is 0.225. The molecule has 0 amide bonds. The Hall–Kier alpha value is -1.74. The first-order valence-corrected chi connectivity index (χ1v) is 13.4. The highest BCUT2D eigenvalue weighted by atomic mass is 32.2. The second kappa shape index (κ2) is 8.65. The molecule has 0 saturated heterocycles. The van der Waals surface area contributed by atoms with Gasteiger partial charge in [-0.05, 0) is 81.5 Å². The lowest BCUT2D eigenvalue weighted by atomic mass is 9.63. The van der Waals surface area contributed by atoms with E-state index >= 15 is 0 Å². The minimum atomic E-state index is -3.87. The van der Waals surface area contributed by atoms with Gasteiger partial charge in [0, 0.05) is 0 Å². The van der Waals surface area contributed by atoms with Crippen molar-refractivity contribution in [3.63, 3.8) is 0 Å². The standard InChI is InChI=1S/C23H28O6S2/c1-16-3-8-20(9-4-16)30(24,25)28-15-19-13-18-7-12-22(19)23(14-18)29-31(26,27)21-10-5-17(2)6-11-21/h3-6,8-11,18-19,22-23H,7,12-15H2,1-2H3/t18-,19-,22-,23+/m0/s1. The molecule has 4 atom stereocenters. The first-order valence-electron chi connectivity index (χ1n) is 10.6. The highest BCUT2D eigenvalue weighted by molar-refractivity contribution is 7.87. The molecule has 0 spiro atoms. The Balaban J connectivity index is 1.45. The summed E-state index contributed by atoms with van der Waals surface area (Å²) >= 11 is 0. The largest absolute Gasteiger partial charge is 0.297 e. The summed E-state index contributed by atoms with van der Waals surface area (Å²) in [4.78, 5) is 0.281. The van der Waals surface area contributed by atoms with Crippen LogP contribution < -0.4 is 0 Å². The van der Waals surface area contributed by atoms with Gasteiger partial charge in [0.2, 0.25) is 0 Å². The van der Waals surface area contributed by atoms with Gasteiger partial charge in [0.05, 0.1) is 22.5 Å². The van der Waals surface area contributed by atoms with Crippen molar-refractivity contribution in [2.75, 3.05) is 6.61 Å². The van der Waals surface area contributed by atoms with E-state index in [2.05, 4.69) is 0 Å². The van der Waals surface area contributed by atoms with E-state index in [4.69, 9.17) is 8.37 Å². The summed E-state index contributed by atoms with van der Waals surface area (Å²) in [6, 6.07) is 13.2. The maximum absolute atomic E-state index is 12.8. The third-order valence-corrected chi connectivity index (χ3v) is 9.15. The summed E-state index contributed by atoms with van der Waals surface area (Å²) in [5, 5.41) is 0. The van der Waals surface area contributed by atoms with E-state index in [0.29, 0.717) is 12.3 Å². The molecule has 3 aliphatic carbocycles. The lowest BCUT2D eigenvalue weighted by Gasteiger charge is -2.46. The molecule has 31 heavy (non-hydrogen) atoms. The van der Waals surface area contributed by atoms with Crippen LogP contribution in [0.5, 0.6) is 0 Å². The molecule has 0 radical (unpaired) electrons. The molecule has 2 bridgehead atoms. The number of rotatable bonds is 7. The van der Waals surface area contributed by atoms with Gasteiger partial charge in [-0.2, -0.15) is 16.8 Å². The van der Waals surface area contributed by atoms with Gasteiger partial charge in [0.15, 0.2) is 0 Å². The minimum Gasteiger partial charge on any atom is -0.266 e. The average molecular weight is 465 g/mol. The summed E-state index contributed by atoms with van der Waals surface area (Å²) in [6.45, 7) is 3.83. The van der Waals surface area contributed by atoms with Gasteiger partial charge in [-0.25, -0.2) is 0 Å². The van der Waals surface area contributed by atoms with Crippen molar-refractivity contribution in [3.8, 4) is 0 Å². The van der Waals surface area contributed by atoms with Crippen molar-refractivity contribution in [2.24, 2.45) is 17.8 Å². The number of fused-ring (bicyclic) bond motifs is 3. The minimum absolute atomic E-state index is 0.0431. The summed E-state index contributed by atoms with van der Waals surface area (Å²) in [5.41, 5.74) is 1.95. The Bertz CT molecular complexity index is 1120. The number of hydrogen-bond donors (Lipinski definition) is 0. The van der Waals surface area contributed by atoms with Crippen molar-refractivity contribution >= 4 is 20.2 Å². The van der Waals surface area contributed by atoms with Crippen LogP contribution in [0.15, 0.2) is 58.3 Å². The van der Waals surface area contributed by atoms with E-state index in [-0.39, 0.29) is 28.2 Å². The number of aryl methyl sites for hydroxylation is 2. The molecule has 0 aromatic heterocycles. The van der Waals surface area contributed by atoms with Crippen LogP contribution in [0.1, 0.15) is 36.8 Å². The van der Waals surface area contributed by atoms with Crippen molar-refractivity contribution in [1.82, 2.24) is 0 Å². The fourth-order valence-corrected chi connectivity index (χ4v) is 6.85.